The van der Waals surface area contributed by atoms with E-state index >= 15 is 0 Å². The molecule has 5 heteroatoms. The molecule has 29 heavy (non-hydrogen) atoms. The summed E-state index contributed by atoms with van der Waals surface area (Å²) in [7, 11) is 1.69. The Hall–Kier alpha value is -2.75. The number of hydrogen-bond acceptors (Lipinski definition) is 3. The quantitative estimate of drug-likeness (QED) is 0.470. The van der Waals surface area contributed by atoms with E-state index in [1.807, 2.05) is 0 Å². The number of methoxy groups -OCH3 is 1. The predicted octanol–water partition coefficient (Wildman–Crippen LogP) is 4.40. The van der Waals surface area contributed by atoms with Crippen LogP contribution < -0.4 is 13.9 Å². The van der Waals surface area contributed by atoms with Crippen molar-refractivity contribution in [1.82, 2.24) is 9.97 Å². The first-order valence-electron chi connectivity index (χ1n) is 9.61. The van der Waals surface area contributed by atoms with Crippen molar-refractivity contribution in [2.45, 2.75) is 24.8 Å². The summed E-state index contributed by atoms with van der Waals surface area (Å²) >= 11 is 0.259. The van der Waals surface area contributed by atoms with Crippen molar-refractivity contribution in [2.24, 2.45) is 0 Å². The van der Waals surface area contributed by atoms with Crippen molar-refractivity contribution in [3.8, 4) is 22.8 Å². The summed E-state index contributed by atoms with van der Waals surface area (Å²) in [6.45, 7) is 5.05. The number of nitrogens with zero attached hydrogens (tertiary/aromatic N) is 1. The van der Waals surface area contributed by atoms with Gasteiger partial charge in [0, 0.05) is 0 Å². The topological polar surface area (TPSA) is 47.1 Å². The third-order valence-corrected chi connectivity index (χ3v) is 8.00. The normalized spacial score (nSPS) is 14.3. The van der Waals surface area contributed by atoms with Crippen LogP contribution in [0.4, 0.5) is 0 Å². The Morgan fingerprint density at radius 1 is 1.00 bits per heavy atom. The summed E-state index contributed by atoms with van der Waals surface area (Å²) in [5.41, 5.74) is 4.52. The summed E-state index contributed by atoms with van der Waals surface area (Å²) in [5.74, 6) is 1.53. The molecule has 0 saturated heterocycles. The second-order valence-electron chi connectivity index (χ2n) is 7.71. The van der Waals surface area contributed by atoms with E-state index in [1.54, 1.807) is 13.4 Å². The number of H-pyrrole nitrogens is 1. The first kappa shape index (κ1) is 18.3. The van der Waals surface area contributed by atoms with Crippen LogP contribution in [0.1, 0.15) is 25.1 Å². The molecule has 0 atom stereocenters. The second kappa shape index (κ2) is 6.94. The zero-order valence-electron chi connectivity index (χ0n) is 16.7. The van der Waals surface area contributed by atoms with Gasteiger partial charge in [0.2, 0.25) is 0 Å². The molecule has 0 bridgehead atoms. The van der Waals surface area contributed by atoms with Gasteiger partial charge in [-0.3, -0.25) is 0 Å². The van der Waals surface area contributed by atoms with Gasteiger partial charge in [0.25, 0.3) is 0 Å². The zero-order chi connectivity index (χ0) is 20.0. The van der Waals surface area contributed by atoms with E-state index < -0.39 is 0 Å². The molecule has 0 unspecified atom stereocenters. The average molecular weight is 449 g/mol. The Bertz CT molecular complexity index is 1210. The number of aromatic nitrogens is 2. The van der Waals surface area contributed by atoms with Crippen molar-refractivity contribution in [3.63, 3.8) is 0 Å². The molecule has 1 aliphatic heterocycles. The Kier molecular flexibility index (Phi) is 4.38. The van der Waals surface area contributed by atoms with Gasteiger partial charge in [-0.1, -0.05) is 0 Å². The molecule has 4 aromatic rings. The summed E-state index contributed by atoms with van der Waals surface area (Å²) in [4.78, 5) is 7.91. The van der Waals surface area contributed by atoms with Crippen LogP contribution in [0.15, 0.2) is 60.9 Å². The molecule has 4 nitrogen and oxygen atoms in total. The maximum atomic E-state index is 6.22. The SMILES string of the molecule is COc1cc2c(cc1OCc1ccc3ccccc3c1)[Se]C(C)(C)c1[nH]cnc1-2. The van der Waals surface area contributed by atoms with Crippen LogP contribution in [0.3, 0.4) is 0 Å². The third-order valence-electron chi connectivity index (χ3n) is 5.34. The van der Waals surface area contributed by atoms with Gasteiger partial charge in [0.15, 0.2) is 0 Å². The maximum absolute atomic E-state index is 6.22. The first-order chi connectivity index (χ1) is 14.0. The van der Waals surface area contributed by atoms with E-state index in [-0.39, 0.29) is 19.3 Å². The van der Waals surface area contributed by atoms with E-state index in [2.05, 4.69) is 78.4 Å². The molecule has 5 rings (SSSR count). The molecule has 0 radical (unpaired) electrons. The van der Waals surface area contributed by atoms with Crippen molar-refractivity contribution in [3.05, 3.63) is 72.2 Å². The summed E-state index contributed by atoms with van der Waals surface area (Å²) in [5, 5.41) is 2.46. The van der Waals surface area contributed by atoms with Gasteiger partial charge < -0.3 is 0 Å². The van der Waals surface area contributed by atoms with Crippen molar-refractivity contribution in [1.29, 1.82) is 0 Å². The van der Waals surface area contributed by atoms with Crippen molar-refractivity contribution >= 4 is 30.2 Å². The Balaban J connectivity index is 1.48. The molecule has 2 heterocycles. The minimum atomic E-state index is 0.0655. The second-order valence-corrected chi connectivity index (χ2v) is 11.2. The Morgan fingerprint density at radius 2 is 1.83 bits per heavy atom. The molecular weight excluding hydrogens is 427 g/mol. The number of benzene rings is 3. The standard InChI is InChI=1S/C24H22N2O2Se/c1-24(2)23-22(25-14-26-23)18-11-19(27-3)20(12-21(18)29-24)28-13-15-8-9-16-6-4-5-7-17(16)10-15/h4-12,14H,13H2,1-3H3,(H,25,26). The van der Waals surface area contributed by atoms with Crippen molar-refractivity contribution < 1.29 is 9.47 Å². The molecule has 1 aliphatic rings. The van der Waals surface area contributed by atoms with E-state index in [9.17, 15) is 0 Å². The summed E-state index contributed by atoms with van der Waals surface area (Å²) < 4.78 is 13.2. The van der Waals surface area contributed by atoms with E-state index in [1.165, 1.54) is 20.9 Å². The number of ether oxygens (including phenoxy) is 2. The van der Waals surface area contributed by atoms with Crippen LogP contribution in [0.25, 0.3) is 22.0 Å². The van der Waals surface area contributed by atoms with Crippen LogP contribution in [0, 0.1) is 0 Å². The fraction of sp³-hybridized carbons (Fsp3) is 0.208. The van der Waals surface area contributed by atoms with Crippen molar-refractivity contribution in [2.75, 3.05) is 7.11 Å². The van der Waals surface area contributed by atoms with Gasteiger partial charge in [-0.15, -0.1) is 0 Å². The molecule has 0 amide bonds. The van der Waals surface area contributed by atoms with Gasteiger partial charge in [-0.05, 0) is 0 Å². The van der Waals surface area contributed by atoms with Crippen LogP contribution in [-0.2, 0) is 10.9 Å². The zero-order valence-corrected chi connectivity index (χ0v) is 18.4. The summed E-state index contributed by atoms with van der Waals surface area (Å²) in [6.07, 6.45) is 1.79. The van der Waals surface area contributed by atoms with Gasteiger partial charge in [0.1, 0.15) is 0 Å². The molecule has 0 fully saturated rings. The first-order valence-corrected chi connectivity index (χ1v) is 11.3. The van der Waals surface area contributed by atoms with E-state index in [0.29, 0.717) is 6.61 Å². The van der Waals surface area contributed by atoms with Gasteiger partial charge in [-0.25, -0.2) is 0 Å². The fourth-order valence-electron chi connectivity index (χ4n) is 3.86. The number of nitrogens with one attached hydrogen (secondary N) is 1. The molecular formula is C24H22N2O2Se. The molecule has 146 valence electrons. The third kappa shape index (κ3) is 3.21. The summed E-state index contributed by atoms with van der Waals surface area (Å²) in [6, 6.07) is 19.0. The molecule has 1 N–H and O–H groups in total. The minimum absolute atomic E-state index is 0.0655. The molecule has 0 spiro atoms. The average Bonchev–Trinajstić information content (AvgIpc) is 3.23. The van der Waals surface area contributed by atoms with E-state index in [4.69, 9.17) is 9.47 Å². The molecule has 0 saturated carbocycles. The van der Waals surface area contributed by atoms with Crippen LogP contribution in [0.5, 0.6) is 11.5 Å². The molecule has 0 aliphatic carbocycles. The number of fused-ring (bicyclic) bond motifs is 4. The van der Waals surface area contributed by atoms with Gasteiger partial charge >= 0.3 is 176 Å². The van der Waals surface area contributed by atoms with Gasteiger partial charge in [0.05, 0.1) is 0 Å². The Morgan fingerprint density at radius 3 is 2.66 bits per heavy atom. The number of rotatable bonds is 4. The van der Waals surface area contributed by atoms with Crippen LogP contribution >= 0.6 is 0 Å². The molecule has 1 aromatic heterocycles. The predicted molar refractivity (Wildman–Crippen MR) is 117 cm³/mol. The van der Waals surface area contributed by atoms with Crippen LogP contribution in [-0.4, -0.2) is 32.0 Å². The number of hydrogen-bond donors (Lipinski definition) is 1. The van der Waals surface area contributed by atoms with Gasteiger partial charge in [-0.2, -0.15) is 0 Å². The Labute approximate surface area is 176 Å². The number of aromatic amines is 1. The fourth-order valence-corrected chi connectivity index (χ4v) is 6.46. The van der Waals surface area contributed by atoms with E-state index in [0.717, 1.165) is 28.3 Å². The van der Waals surface area contributed by atoms with Crippen LogP contribution in [0.2, 0.25) is 0 Å². The number of imidazole rings is 1. The molecule has 3 aromatic carbocycles. The monoisotopic (exact) mass is 450 g/mol.